The number of carbonyl (C=O) groups excluding carboxylic acids is 1. The zero-order valence-electron chi connectivity index (χ0n) is 13.9. The zero-order chi connectivity index (χ0) is 17.0. The van der Waals surface area contributed by atoms with Gasteiger partial charge in [0.1, 0.15) is 12.1 Å². The van der Waals surface area contributed by atoms with E-state index >= 15 is 0 Å². The Morgan fingerprint density at radius 1 is 0.958 bits per heavy atom. The molecule has 2 fully saturated rings. The van der Waals surface area contributed by atoms with Gasteiger partial charge in [-0.05, 0) is 57.1 Å². The lowest BCUT2D eigenvalue weighted by Gasteiger charge is -2.34. The van der Waals surface area contributed by atoms with Crippen molar-refractivity contribution in [3.63, 3.8) is 0 Å². The minimum atomic E-state index is -3.66. The quantitative estimate of drug-likeness (QED) is 0.782. The first-order chi connectivity index (χ1) is 11.6. The average Bonchev–Trinajstić information content (AvgIpc) is 2.63. The summed E-state index contributed by atoms with van der Waals surface area (Å²) in [4.78, 5) is 12.9. The van der Waals surface area contributed by atoms with Gasteiger partial charge in [-0.2, -0.15) is 4.31 Å². The van der Waals surface area contributed by atoms with E-state index in [-0.39, 0.29) is 17.0 Å². The van der Waals surface area contributed by atoms with Gasteiger partial charge in [-0.25, -0.2) is 8.42 Å². The van der Waals surface area contributed by atoms with E-state index in [0.29, 0.717) is 13.0 Å². The Hall–Kier alpha value is -1.40. The number of ether oxygens (including phenoxy) is 1. The molecule has 0 radical (unpaired) electrons. The highest BCUT2D eigenvalue weighted by molar-refractivity contribution is 7.89. The highest BCUT2D eigenvalue weighted by Crippen LogP contribution is 2.28. The third kappa shape index (κ3) is 3.81. The molecule has 6 heteroatoms. The highest BCUT2D eigenvalue weighted by atomic mass is 32.2. The van der Waals surface area contributed by atoms with Crippen molar-refractivity contribution in [3.05, 3.63) is 30.3 Å². The van der Waals surface area contributed by atoms with Crippen LogP contribution in [0.1, 0.15) is 51.4 Å². The van der Waals surface area contributed by atoms with Crippen molar-refractivity contribution in [1.29, 1.82) is 0 Å². The summed E-state index contributed by atoms with van der Waals surface area (Å²) in [5.74, 6) is -0.374. The van der Waals surface area contributed by atoms with Crippen LogP contribution >= 0.6 is 0 Å². The third-order valence-electron chi connectivity index (χ3n) is 4.91. The van der Waals surface area contributed by atoms with Gasteiger partial charge in [0, 0.05) is 6.54 Å². The van der Waals surface area contributed by atoms with Crippen LogP contribution in [0.25, 0.3) is 0 Å². The minimum Gasteiger partial charge on any atom is -0.461 e. The van der Waals surface area contributed by atoms with E-state index in [0.717, 1.165) is 38.5 Å². The fraction of sp³-hybridized carbons (Fsp3) is 0.611. The summed E-state index contributed by atoms with van der Waals surface area (Å²) in [6.07, 6.45) is 7.25. The van der Waals surface area contributed by atoms with Crippen LogP contribution in [0, 0.1) is 0 Å². The van der Waals surface area contributed by atoms with E-state index in [2.05, 4.69) is 0 Å². The molecule has 0 spiro atoms. The molecule has 1 unspecified atom stereocenters. The van der Waals surface area contributed by atoms with Gasteiger partial charge in [0.15, 0.2) is 0 Å². The topological polar surface area (TPSA) is 63.7 Å². The Labute approximate surface area is 144 Å². The molecular formula is C18H25NO4S. The lowest BCUT2D eigenvalue weighted by atomic mass is 9.97. The van der Waals surface area contributed by atoms with Gasteiger partial charge in [0.25, 0.3) is 0 Å². The van der Waals surface area contributed by atoms with Gasteiger partial charge in [0.2, 0.25) is 10.0 Å². The first-order valence-corrected chi connectivity index (χ1v) is 10.3. The van der Waals surface area contributed by atoms with Gasteiger partial charge in [0.05, 0.1) is 4.90 Å². The van der Waals surface area contributed by atoms with Gasteiger partial charge < -0.3 is 4.74 Å². The number of carbonyl (C=O) groups is 1. The number of esters is 1. The second-order valence-corrected chi connectivity index (χ2v) is 8.53. The predicted molar refractivity (Wildman–Crippen MR) is 90.9 cm³/mol. The summed E-state index contributed by atoms with van der Waals surface area (Å²) in [5.41, 5.74) is 0. The summed E-state index contributed by atoms with van der Waals surface area (Å²) >= 11 is 0. The van der Waals surface area contributed by atoms with Gasteiger partial charge in [-0.1, -0.05) is 24.6 Å². The van der Waals surface area contributed by atoms with Crippen molar-refractivity contribution < 1.29 is 17.9 Å². The molecule has 1 aliphatic heterocycles. The first kappa shape index (κ1) is 17.4. The molecule has 3 rings (SSSR count). The van der Waals surface area contributed by atoms with Crippen molar-refractivity contribution in [2.45, 2.75) is 68.4 Å². The Morgan fingerprint density at radius 3 is 2.33 bits per heavy atom. The fourth-order valence-corrected chi connectivity index (χ4v) is 5.25. The Bertz CT molecular complexity index is 653. The van der Waals surface area contributed by atoms with Crippen LogP contribution < -0.4 is 0 Å². The van der Waals surface area contributed by atoms with Crippen molar-refractivity contribution in [1.82, 2.24) is 4.31 Å². The Balaban J connectivity index is 1.76. The van der Waals surface area contributed by atoms with Crippen molar-refractivity contribution >= 4 is 16.0 Å². The Kier molecular flexibility index (Phi) is 5.56. The molecule has 1 atom stereocenters. The van der Waals surface area contributed by atoms with Gasteiger partial charge >= 0.3 is 5.97 Å². The number of hydrogen-bond acceptors (Lipinski definition) is 4. The van der Waals surface area contributed by atoms with Crippen molar-refractivity contribution in [2.24, 2.45) is 0 Å². The van der Waals surface area contributed by atoms with Crippen molar-refractivity contribution in [2.75, 3.05) is 6.54 Å². The molecule has 1 aromatic rings. The van der Waals surface area contributed by atoms with Crippen LogP contribution in [0.5, 0.6) is 0 Å². The summed E-state index contributed by atoms with van der Waals surface area (Å²) in [7, 11) is -3.66. The molecule has 24 heavy (non-hydrogen) atoms. The predicted octanol–water partition coefficient (Wildman–Crippen LogP) is 3.11. The number of nitrogens with zero attached hydrogens (tertiary/aromatic N) is 1. The van der Waals surface area contributed by atoms with E-state index in [1.807, 2.05) is 0 Å². The van der Waals surface area contributed by atoms with Crippen LogP contribution in [0.15, 0.2) is 35.2 Å². The largest absolute Gasteiger partial charge is 0.461 e. The maximum Gasteiger partial charge on any atom is 0.324 e. The first-order valence-electron chi connectivity index (χ1n) is 8.86. The summed E-state index contributed by atoms with van der Waals surface area (Å²) < 4.78 is 32.8. The maximum absolute atomic E-state index is 12.9. The van der Waals surface area contributed by atoms with Gasteiger partial charge in [-0.3, -0.25) is 4.79 Å². The number of rotatable bonds is 4. The second kappa shape index (κ2) is 7.66. The standard InChI is InChI=1S/C18H25NO4S/c20-18(23-15-9-3-1-4-10-15)17-13-7-8-14-19(17)24(21,22)16-11-5-2-6-12-16/h2,5-6,11-12,15,17H,1,3-4,7-10,13-14H2. The number of sulfonamides is 1. The molecule has 2 aliphatic rings. The molecule has 0 aromatic heterocycles. The van der Waals surface area contributed by atoms with E-state index in [4.69, 9.17) is 4.74 Å². The lowest BCUT2D eigenvalue weighted by molar-refractivity contribution is -0.156. The molecule has 5 nitrogen and oxygen atoms in total. The molecule has 0 bridgehead atoms. The molecule has 132 valence electrons. The highest BCUT2D eigenvalue weighted by Gasteiger charge is 2.39. The van der Waals surface area contributed by atoms with Crippen molar-refractivity contribution in [3.8, 4) is 0 Å². The smallest absolute Gasteiger partial charge is 0.324 e. The maximum atomic E-state index is 12.9. The van der Waals surface area contributed by atoms with Gasteiger partial charge in [-0.15, -0.1) is 0 Å². The van der Waals surface area contributed by atoms with Crippen LogP contribution in [0.4, 0.5) is 0 Å². The lowest BCUT2D eigenvalue weighted by Crippen LogP contribution is -2.49. The number of benzene rings is 1. The van der Waals surface area contributed by atoms with E-state index < -0.39 is 16.1 Å². The molecule has 1 saturated heterocycles. The minimum absolute atomic E-state index is 0.0468. The average molecular weight is 351 g/mol. The normalized spacial score (nSPS) is 23.8. The number of piperidine rings is 1. The molecule has 0 N–H and O–H groups in total. The van der Waals surface area contributed by atoms with E-state index in [1.54, 1.807) is 30.3 Å². The molecule has 1 aliphatic carbocycles. The van der Waals surface area contributed by atoms with Crippen LogP contribution in [-0.2, 0) is 19.6 Å². The summed E-state index contributed by atoms with van der Waals surface area (Å²) in [6.45, 7) is 0.377. The summed E-state index contributed by atoms with van der Waals surface area (Å²) in [5, 5.41) is 0. The fourth-order valence-electron chi connectivity index (χ4n) is 3.58. The Morgan fingerprint density at radius 2 is 1.62 bits per heavy atom. The molecule has 1 saturated carbocycles. The molecule has 0 amide bonds. The monoisotopic (exact) mass is 351 g/mol. The third-order valence-corrected chi connectivity index (χ3v) is 6.83. The zero-order valence-corrected chi connectivity index (χ0v) is 14.7. The molecular weight excluding hydrogens is 326 g/mol. The van der Waals surface area contributed by atoms with Crippen LogP contribution in [-0.4, -0.2) is 37.4 Å². The SMILES string of the molecule is O=C(OC1CCCCC1)C1CCCCN1S(=O)(=O)c1ccccc1. The van der Waals surface area contributed by atoms with E-state index in [9.17, 15) is 13.2 Å². The number of hydrogen-bond donors (Lipinski definition) is 0. The molecule has 1 heterocycles. The van der Waals surface area contributed by atoms with Crippen LogP contribution in [0.2, 0.25) is 0 Å². The molecule has 1 aromatic carbocycles. The second-order valence-electron chi connectivity index (χ2n) is 6.64. The summed E-state index contributed by atoms with van der Waals surface area (Å²) in [6, 6.07) is 7.65. The van der Waals surface area contributed by atoms with Crippen LogP contribution in [0.3, 0.4) is 0 Å². The van der Waals surface area contributed by atoms with E-state index in [1.165, 1.54) is 10.7 Å².